The van der Waals surface area contributed by atoms with Crippen molar-refractivity contribution in [2.24, 2.45) is 0 Å². The van der Waals surface area contributed by atoms with Crippen LogP contribution >= 0.6 is 12.6 Å². The summed E-state index contributed by atoms with van der Waals surface area (Å²) in [5, 5.41) is 0. The van der Waals surface area contributed by atoms with Gasteiger partial charge in [-0.25, -0.2) is 0 Å². The fourth-order valence-electron chi connectivity index (χ4n) is 2.61. The maximum atomic E-state index is 6.23. The zero-order chi connectivity index (χ0) is 13.8. The topological polar surface area (TPSA) is 12.5 Å². The number of para-hydroxylation sites is 1. The van der Waals surface area contributed by atoms with E-state index in [2.05, 4.69) is 60.0 Å². The first-order valence-electron chi connectivity index (χ1n) is 7.03. The molecule has 0 N–H and O–H groups in total. The molecule has 0 bridgehead atoms. The highest BCUT2D eigenvalue weighted by atomic mass is 32.1. The molecule has 20 heavy (non-hydrogen) atoms. The molecule has 1 atom stereocenters. The van der Waals surface area contributed by atoms with Crippen LogP contribution in [0.4, 0.5) is 0 Å². The van der Waals surface area contributed by atoms with Gasteiger partial charge in [0.25, 0.3) is 0 Å². The molecule has 104 valence electrons. The van der Waals surface area contributed by atoms with Gasteiger partial charge in [0.15, 0.2) is 6.23 Å². The molecule has 1 heterocycles. The van der Waals surface area contributed by atoms with Gasteiger partial charge < -0.3 is 4.74 Å². The Morgan fingerprint density at radius 1 is 1.05 bits per heavy atom. The Bertz CT molecular complexity index is 558. The van der Waals surface area contributed by atoms with E-state index in [1.165, 1.54) is 11.1 Å². The van der Waals surface area contributed by atoms with Crippen molar-refractivity contribution < 1.29 is 4.74 Å². The molecule has 0 amide bonds. The summed E-state index contributed by atoms with van der Waals surface area (Å²) >= 11 is 4.33. The minimum absolute atomic E-state index is 0.00554. The van der Waals surface area contributed by atoms with Crippen molar-refractivity contribution in [3.8, 4) is 5.75 Å². The van der Waals surface area contributed by atoms with E-state index < -0.39 is 0 Å². The Morgan fingerprint density at radius 2 is 1.80 bits per heavy atom. The highest BCUT2D eigenvalue weighted by Gasteiger charge is 2.27. The van der Waals surface area contributed by atoms with Gasteiger partial charge in [-0.05, 0) is 18.2 Å². The number of ether oxygens (including phenoxy) is 1. The molecule has 0 spiro atoms. The van der Waals surface area contributed by atoms with Gasteiger partial charge in [-0.2, -0.15) is 12.6 Å². The lowest BCUT2D eigenvalue weighted by Crippen LogP contribution is -2.36. The van der Waals surface area contributed by atoms with Crippen molar-refractivity contribution in [3.05, 3.63) is 65.7 Å². The van der Waals surface area contributed by atoms with E-state index in [1.54, 1.807) is 0 Å². The van der Waals surface area contributed by atoms with Crippen molar-refractivity contribution in [3.63, 3.8) is 0 Å². The Kier molecular flexibility index (Phi) is 4.28. The largest absolute Gasteiger partial charge is 0.471 e. The van der Waals surface area contributed by atoms with Crippen LogP contribution in [0.15, 0.2) is 54.6 Å². The Morgan fingerprint density at radius 3 is 2.60 bits per heavy atom. The van der Waals surface area contributed by atoms with Gasteiger partial charge in [0, 0.05) is 24.2 Å². The molecule has 1 unspecified atom stereocenters. The standard InChI is InChI=1S/C17H19NOS/c20-12-6-11-18-13-15-9-4-5-10-16(15)19-17(18)14-7-2-1-3-8-14/h1-5,7-10,17,20H,6,11-13H2. The number of nitrogens with zero attached hydrogens (tertiary/aromatic N) is 1. The maximum Gasteiger partial charge on any atom is 0.179 e. The van der Waals surface area contributed by atoms with Crippen LogP contribution < -0.4 is 4.74 Å². The molecule has 1 aliphatic heterocycles. The van der Waals surface area contributed by atoms with Crippen molar-refractivity contribution in [2.75, 3.05) is 12.3 Å². The average molecular weight is 285 g/mol. The van der Waals surface area contributed by atoms with Crippen molar-refractivity contribution in [2.45, 2.75) is 19.2 Å². The van der Waals surface area contributed by atoms with Gasteiger partial charge >= 0.3 is 0 Å². The summed E-state index contributed by atoms with van der Waals surface area (Å²) in [5.74, 6) is 1.91. The Balaban J connectivity index is 1.89. The van der Waals surface area contributed by atoms with E-state index in [1.807, 2.05) is 12.1 Å². The van der Waals surface area contributed by atoms with Gasteiger partial charge in [-0.3, -0.25) is 4.90 Å². The third-order valence-electron chi connectivity index (χ3n) is 3.60. The number of hydrogen-bond acceptors (Lipinski definition) is 3. The predicted molar refractivity (Wildman–Crippen MR) is 85.1 cm³/mol. The first kappa shape index (κ1) is 13.5. The first-order valence-corrected chi connectivity index (χ1v) is 7.66. The van der Waals surface area contributed by atoms with E-state index in [9.17, 15) is 0 Å². The smallest absolute Gasteiger partial charge is 0.179 e. The second-order valence-corrected chi connectivity index (χ2v) is 5.48. The normalized spacial score (nSPS) is 18.4. The summed E-state index contributed by atoms with van der Waals surface area (Å²) in [4.78, 5) is 2.38. The highest BCUT2D eigenvalue weighted by molar-refractivity contribution is 7.80. The molecule has 0 aliphatic carbocycles. The summed E-state index contributed by atoms with van der Waals surface area (Å²) in [6.07, 6.45) is 1.07. The van der Waals surface area contributed by atoms with Gasteiger partial charge in [0.2, 0.25) is 0 Å². The molecular formula is C17H19NOS. The van der Waals surface area contributed by atoms with Crippen molar-refractivity contribution >= 4 is 12.6 Å². The van der Waals surface area contributed by atoms with Crippen LogP contribution in [0.3, 0.4) is 0 Å². The first-order chi connectivity index (χ1) is 9.88. The van der Waals surface area contributed by atoms with Crippen LogP contribution in [0.1, 0.15) is 23.8 Å². The second-order valence-electron chi connectivity index (χ2n) is 5.04. The van der Waals surface area contributed by atoms with Gasteiger partial charge in [0.05, 0.1) is 0 Å². The lowest BCUT2D eigenvalue weighted by atomic mass is 10.1. The summed E-state index contributed by atoms with van der Waals surface area (Å²) in [7, 11) is 0. The van der Waals surface area contributed by atoms with Crippen LogP contribution in [0, 0.1) is 0 Å². The average Bonchev–Trinajstić information content (AvgIpc) is 2.53. The van der Waals surface area contributed by atoms with E-state index >= 15 is 0 Å². The predicted octanol–water partition coefficient (Wildman–Crippen LogP) is 3.90. The van der Waals surface area contributed by atoms with Crippen LogP contribution in [0.25, 0.3) is 0 Å². The SMILES string of the molecule is SCCCN1Cc2ccccc2OC1c1ccccc1. The fraction of sp³-hybridized carbons (Fsp3) is 0.294. The molecule has 1 aliphatic rings. The minimum Gasteiger partial charge on any atom is -0.471 e. The third-order valence-corrected chi connectivity index (χ3v) is 3.92. The van der Waals surface area contributed by atoms with Crippen LogP contribution in [-0.4, -0.2) is 17.2 Å². The number of hydrogen-bond donors (Lipinski definition) is 1. The lowest BCUT2D eigenvalue weighted by Gasteiger charge is -2.37. The molecule has 0 aromatic heterocycles. The molecule has 0 saturated carbocycles. The van der Waals surface area contributed by atoms with E-state index in [0.29, 0.717) is 0 Å². The fourth-order valence-corrected chi connectivity index (χ4v) is 2.75. The maximum absolute atomic E-state index is 6.23. The number of fused-ring (bicyclic) bond motifs is 1. The van der Waals surface area contributed by atoms with Gasteiger partial charge in [0.1, 0.15) is 5.75 Å². The van der Waals surface area contributed by atoms with Crippen molar-refractivity contribution in [1.82, 2.24) is 4.90 Å². The quantitative estimate of drug-likeness (QED) is 0.855. The molecule has 2 aromatic rings. The molecule has 2 aromatic carbocycles. The zero-order valence-corrected chi connectivity index (χ0v) is 12.3. The van der Waals surface area contributed by atoms with E-state index in [4.69, 9.17) is 4.74 Å². The summed E-state index contributed by atoms with van der Waals surface area (Å²) in [5.41, 5.74) is 2.47. The number of benzene rings is 2. The summed E-state index contributed by atoms with van der Waals surface area (Å²) < 4.78 is 6.23. The summed E-state index contributed by atoms with van der Waals surface area (Å²) in [6.45, 7) is 1.93. The van der Waals surface area contributed by atoms with E-state index in [-0.39, 0.29) is 6.23 Å². The Hall–Kier alpha value is -1.45. The zero-order valence-electron chi connectivity index (χ0n) is 11.4. The van der Waals surface area contributed by atoms with Crippen LogP contribution in [0.2, 0.25) is 0 Å². The molecule has 3 heteroatoms. The third kappa shape index (κ3) is 2.84. The highest BCUT2D eigenvalue weighted by Crippen LogP contribution is 2.34. The van der Waals surface area contributed by atoms with E-state index in [0.717, 1.165) is 31.0 Å². The Labute approximate surface area is 125 Å². The van der Waals surface area contributed by atoms with Gasteiger partial charge in [-0.15, -0.1) is 0 Å². The monoisotopic (exact) mass is 285 g/mol. The molecule has 0 radical (unpaired) electrons. The molecule has 0 fully saturated rings. The van der Waals surface area contributed by atoms with Crippen LogP contribution in [-0.2, 0) is 6.54 Å². The van der Waals surface area contributed by atoms with Crippen LogP contribution in [0.5, 0.6) is 5.75 Å². The molecular weight excluding hydrogens is 266 g/mol. The molecule has 2 nitrogen and oxygen atoms in total. The van der Waals surface area contributed by atoms with Crippen molar-refractivity contribution in [1.29, 1.82) is 0 Å². The molecule has 3 rings (SSSR count). The molecule has 0 saturated heterocycles. The number of rotatable bonds is 4. The second kappa shape index (κ2) is 6.33. The minimum atomic E-state index is 0.00554. The summed E-state index contributed by atoms with van der Waals surface area (Å²) in [6, 6.07) is 18.7. The number of thiol groups is 1. The lowest BCUT2D eigenvalue weighted by molar-refractivity contribution is -0.00236. The van der Waals surface area contributed by atoms with Gasteiger partial charge in [-0.1, -0.05) is 48.5 Å².